The lowest BCUT2D eigenvalue weighted by Gasteiger charge is -2.28. The van der Waals surface area contributed by atoms with Crippen molar-refractivity contribution in [3.63, 3.8) is 0 Å². The first kappa shape index (κ1) is 18.7. The molecule has 0 aliphatic rings. The number of nitrogens with one attached hydrogen (secondary N) is 1. The van der Waals surface area contributed by atoms with Crippen molar-refractivity contribution in [2.45, 2.75) is 37.6 Å². The van der Waals surface area contributed by atoms with Crippen LogP contribution in [0, 0.1) is 11.3 Å². The summed E-state index contributed by atoms with van der Waals surface area (Å²) < 4.78 is 0. The lowest BCUT2D eigenvalue weighted by Crippen LogP contribution is -2.54. The van der Waals surface area contributed by atoms with E-state index in [1.807, 2.05) is 6.07 Å². The molecule has 0 aromatic heterocycles. The Morgan fingerprint density at radius 2 is 2.13 bits per heavy atom. The number of aliphatic carboxylic acids is 1. The maximum Gasteiger partial charge on any atom is 0.330 e. The molecule has 1 amide bonds. The molecular formula is C17H19ClN2O3. The van der Waals surface area contributed by atoms with Crippen molar-refractivity contribution in [3.8, 4) is 6.07 Å². The molecule has 1 rings (SSSR count). The fourth-order valence-corrected chi connectivity index (χ4v) is 2.41. The van der Waals surface area contributed by atoms with Gasteiger partial charge in [-0.05, 0) is 30.9 Å². The molecule has 0 heterocycles. The maximum atomic E-state index is 11.9. The Kier molecular flexibility index (Phi) is 7.30. The molecule has 1 aromatic carbocycles. The molecule has 5 nitrogen and oxygen atoms in total. The number of rotatable bonds is 9. The molecular weight excluding hydrogens is 316 g/mol. The summed E-state index contributed by atoms with van der Waals surface area (Å²) >= 11 is 6.07. The molecule has 1 aromatic rings. The van der Waals surface area contributed by atoms with Crippen molar-refractivity contribution in [3.05, 3.63) is 47.5 Å². The van der Waals surface area contributed by atoms with Crippen molar-refractivity contribution in [2.24, 2.45) is 0 Å². The number of allylic oxidation sites excluding steroid dienone is 1. The Labute approximate surface area is 140 Å². The van der Waals surface area contributed by atoms with Crippen molar-refractivity contribution < 1.29 is 14.7 Å². The number of benzene rings is 1. The third-order valence-corrected chi connectivity index (χ3v) is 3.89. The van der Waals surface area contributed by atoms with E-state index in [2.05, 4.69) is 11.9 Å². The summed E-state index contributed by atoms with van der Waals surface area (Å²) in [4.78, 5) is 23.6. The quantitative estimate of drug-likeness (QED) is 0.679. The van der Waals surface area contributed by atoms with Crippen LogP contribution in [0.3, 0.4) is 0 Å². The van der Waals surface area contributed by atoms with Gasteiger partial charge in [0.15, 0.2) is 5.54 Å². The van der Waals surface area contributed by atoms with Gasteiger partial charge in [0, 0.05) is 11.4 Å². The maximum absolute atomic E-state index is 11.9. The highest BCUT2D eigenvalue weighted by Crippen LogP contribution is 2.23. The van der Waals surface area contributed by atoms with E-state index in [0.29, 0.717) is 17.9 Å². The molecule has 0 fully saturated rings. The molecule has 1 atom stereocenters. The van der Waals surface area contributed by atoms with Crippen molar-refractivity contribution in [2.75, 3.05) is 0 Å². The summed E-state index contributed by atoms with van der Waals surface area (Å²) in [7, 11) is 0. The van der Waals surface area contributed by atoms with E-state index >= 15 is 0 Å². The van der Waals surface area contributed by atoms with Crippen LogP contribution in [0.2, 0.25) is 5.02 Å². The molecule has 6 heteroatoms. The summed E-state index contributed by atoms with van der Waals surface area (Å²) in [6.07, 6.45) is 2.27. The van der Waals surface area contributed by atoms with Gasteiger partial charge in [-0.2, -0.15) is 5.26 Å². The fraction of sp³-hybridized carbons (Fsp3) is 0.353. The molecule has 1 unspecified atom stereocenters. The first-order valence-corrected chi connectivity index (χ1v) is 7.58. The predicted molar refractivity (Wildman–Crippen MR) is 87.9 cm³/mol. The van der Waals surface area contributed by atoms with Crippen LogP contribution in [-0.4, -0.2) is 22.5 Å². The van der Waals surface area contributed by atoms with E-state index in [9.17, 15) is 14.7 Å². The van der Waals surface area contributed by atoms with Crippen LogP contribution < -0.4 is 5.32 Å². The molecule has 0 aliphatic heterocycles. The van der Waals surface area contributed by atoms with E-state index in [0.717, 1.165) is 5.56 Å². The second-order valence-corrected chi connectivity index (χ2v) is 5.60. The number of aryl methyl sites for hydroxylation is 1. The monoisotopic (exact) mass is 334 g/mol. The number of amides is 1. The van der Waals surface area contributed by atoms with Crippen LogP contribution in [0.5, 0.6) is 0 Å². The molecule has 0 aliphatic carbocycles. The summed E-state index contributed by atoms with van der Waals surface area (Å²) in [6, 6.07) is 8.94. The minimum absolute atomic E-state index is 0.0828. The zero-order valence-electron chi connectivity index (χ0n) is 12.7. The van der Waals surface area contributed by atoms with Crippen molar-refractivity contribution in [1.82, 2.24) is 5.32 Å². The van der Waals surface area contributed by atoms with E-state index < -0.39 is 17.4 Å². The van der Waals surface area contributed by atoms with E-state index in [-0.39, 0.29) is 19.3 Å². The predicted octanol–water partition coefficient (Wildman–Crippen LogP) is 3.09. The lowest BCUT2D eigenvalue weighted by atomic mass is 9.88. The Morgan fingerprint density at radius 3 is 2.70 bits per heavy atom. The minimum atomic E-state index is -1.62. The third kappa shape index (κ3) is 5.42. The standard InChI is InChI=1S/C17H19ClN2O3/c1-2-3-8-15(21)20-17(11-12-19,16(22)23)10-9-13-6-4-5-7-14(13)18/h2,4-7H,1,3,8-11H2,(H,20,21)(H,22,23). The average Bonchev–Trinajstić information content (AvgIpc) is 2.52. The van der Waals surface area contributed by atoms with Gasteiger partial charge in [0.1, 0.15) is 0 Å². The molecule has 23 heavy (non-hydrogen) atoms. The summed E-state index contributed by atoms with van der Waals surface area (Å²) in [5, 5.41) is 21.6. The number of carboxylic acid groups (broad SMARTS) is 1. The van der Waals surface area contributed by atoms with Gasteiger partial charge in [0.25, 0.3) is 0 Å². The zero-order chi connectivity index (χ0) is 17.3. The number of carbonyl (C=O) groups excluding carboxylic acids is 1. The fourth-order valence-electron chi connectivity index (χ4n) is 2.18. The SMILES string of the molecule is C=CCCC(=O)NC(CC#N)(CCc1ccccc1Cl)C(=O)O. The number of halogens is 1. The third-order valence-electron chi connectivity index (χ3n) is 3.52. The number of carboxylic acids is 1. The second-order valence-electron chi connectivity index (χ2n) is 5.19. The van der Waals surface area contributed by atoms with Crippen LogP contribution in [0.25, 0.3) is 0 Å². The highest BCUT2D eigenvalue weighted by Gasteiger charge is 2.39. The van der Waals surface area contributed by atoms with E-state index in [1.54, 1.807) is 30.3 Å². The Morgan fingerprint density at radius 1 is 1.43 bits per heavy atom. The highest BCUT2D eigenvalue weighted by atomic mass is 35.5. The number of hydrogen-bond acceptors (Lipinski definition) is 3. The van der Waals surface area contributed by atoms with Crippen molar-refractivity contribution >= 4 is 23.5 Å². The molecule has 0 bridgehead atoms. The topological polar surface area (TPSA) is 90.2 Å². The van der Waals surface area contributed by atoms with Gasteiger partial charge in [0.2, 0.25) is 5.91 Å². The molecule has 122 valence electrons. The number of nitriles is 1. The molecule has 0 radical (unpaired) electrons. The highest BCUT2D eigenvalue weighted by molar-refractivity contribution is 6.31. The van der Waals surface area contributed by atoms with Gasteiger partial charge >= 0.3 is 5.97 Å². The van der Waals surface area contributed by atoms with Gasteiger partial charge < -0.3 is 10.4 Å². The van der Waals surface area contributed by atoms with Crippen LogP contribution >= 0.6 is 11.6 Å². The average molecular weight is 335 g/mol. The van der Waals surface area contributed by atoms with E-state index in [4.69, 9.17) is 16.9 Å². The van der Waals surface area contributed by atoms with E-state index in [1.165, 1.54) is 0 Å². The number of hydrogen-bond donors (Lipinski definition) is 2. The van der Waals surface area contributed by atoms with Gasteiger partial charge in [-0.25, -0.2) is 4.79 Å². The van der Waals surface area contributed by atoms with Crippen LogP contribution in [0.4, 0.5) is 0 Å². The van der Waals surface area contributed by atoms with Gasteiger partial charge in [-0.1, -0.05) is 35.9 Å². The van der Waals surface area contributed by atoms with Crippen molar-refractivity contribution in [1.29, 1.82) is 5.26 Å². The van der Waals surface area contributed by atoms with Crippen LogP contribution in [-0.2, 0) is 16.0 Å². The first-order chi connectivity index (χ1) is 10.9. The second kappa shape index (κ2) is 8.96. The summed E-state index contributed by atoms with van der Waals surface area (Å²) in [5.41, 5.74) is -0.843. The molecule has 2 N–H and O–H groups in total. The number of nitrogens with zero attached hydrogens (tertiary/aromatic N) is 1. The van der Waals surface area contributed by atoms with Crippen LogP contribution in [0.1, 0.15) is 31.2 Å². The number of carbonyl (C=O) groups is 2. The normalized spacial score (nSPS) is 12.7. The smallest absolute Gasteiger partial charge is 0.330 e. The summed E-state index contributed by atoms with van der Waals surface area (Å²) in [5.74, 6) is -1.64. The van der Waals surface area contributed by atoms with Gasteiger partial charge in [-0.3, -0.25) is 4.79 Å². The molecule has 0 saturated heterocycles. The minimum Gasteiger partial charge on any atom is -0.479 e. The Bertz CT molecular complexity index is 625. The molecule has 0 saturated carbocycles. The Hall–Kier alpha value is -2.32. The molecule has 0 spiro atoms. The summed E-state index contributed by atoms with van der Waals surface area (Å²) in [6.45, 7) is 3.52. The van der Waals surface area contributed by atoms with Gasteiger partial charge in [0.05, 0.1) is 12.5 Å². The lowest BCUT2D eigenvalue weighted by molar-refractivity contribution is -0.147. The van der Waals surface area contributed by atoms with Gasteiger partial charge in [-0.15, -0.1) is 6.58 Å². The largest absolute Gasteiger partial charge is 0.479 e. The first-order valence-electron chi connectivity index (χ1n) is 7.21. The zero-order valence-corrected chi connectivity index (χ0v) is 13.5. The Balaban J connectivity index is 2.93. The van der Waals surface area contributed by atoms with Crippen LogP contribution in [0.15, 0.2) is 36.9 Å².